The van der Waals surface area contributed by atoms with Gasteiger partial charge in [-0.3, -0.25) is 0 Å². The highest BCUT2D eigenvalue weighted by Gasteiger charge is 2.00. The topological polar surface area (TPSA) is 8.17 Å². The molecule has 0 aliphatic heterocycles. The summed E-state index contributed by atoms with van der Waals surface area (Å²) in [6.45, 7) is 6.65. The highest BCUT2D eigenvalue weighted by atomic mass is 33.1. The summed E-state index contributed by atoms with van der Waals surface area (Å²) in [6.07, 6.45) is 0. The fourth-order valence-electron chi connectivity index (χ4n) is 1.52. The summed E-state index contributed by atoms with van der Waals surface area (Å²) in [5.74, 6) is 2.40. The Balaban J connectivity index is 2.12. The molecule has 1 rings (SSSR count). The standard InChI is InChI=1S/C12H22N2S2/c1-11-5-6-12(2)14(11)8-10-16-15-9-7-13(3)4/h5-6H,7-10H2,1-4H3. The number of hydrogen-bond acceptors (Lipinski definition) is 3. The van der Waals surface area contributed by atoms with E-state index in [0.29, 0.717) is 0 Å². The van der Waals surface area contributed by atoms with Crippen LogP contribution in [0.1, 0.15) is 11.4 Å². The van der Waals surface area contributed by atoms with Gasteiger partial charge in [-0.2, -0.15) is 0 Å². The van der Waals surface area contributed by atoms with Gasteiger partial charge in [0.15, 0.2) is 0 Å². The van der Waals surface area contributed by atoms with E-state index in [2.05, 4.69) is 49.5 Å². The first-order valence-corrected chi connectivity index (χ1v) is 8.12. The molecular formula is C12H22N2S2. The fourth-order valence-corrected chi connectivity index (χ4v) is 3.61. The molecule has 0 unspecified atom stereocenters. The first kappa shape index (κ1) is 14.0. The normalized spacial score (nSPS) is 11.3. The first-order valence-electron chi connectivity index (χ1n) is 5.63. The molecule has 92 valence electrons. The van der Waals surface area contributed by atoms with Gasteiger partial charge >= 0.3 is 0 Å². The smallest absolute Gasteiger partial charge is 0.0323 e. The minimum Gasteiger partial charge on any atom is -0.348 e. The van der Waals surface area contributed by atoms with Crippen molar-refractivity contribution >= 4 is 21.6 Å². The molecule has 0 N–H and O–H groups in total. The Labute approximate surface area is 107 Å². The van der Waals surface area contributed by atoms with Crippen molar-refractivity contribution in [3.63, 3.8) is 0 Å². The van der Waals surface area contributed by atoms with E-state index in [-0.39, 0.29) is 0 Å². The third-order valence-corrected chi connectivity index (χ3v) is 4.89. The molecule has 1 aromatic heterocycles. The van der Waals surface area contributed by atoms with Crippen molar-refractivity contribution in [3.05, 3.63) is 23.5 Å². The number of nitrogens with zero attached hydrogens (tertiary/aromatic N) is 2. The van der Waals surface area contributed by atoms with Crippen LogP contribution in [0.15, 0.2) is 12.1 Å². The van der Waals surface area contributed by atoms with Gasteiger partial charge in [-0.25, -0.2) is 0 Å². The fraction of sp³-hybridized carbons (Fsp3) is 0.667. The molecule has 4 heteroatoms. The Hall–Kier alpha value is -0.0600. The van der Waals surface area contributed by atoms with Crippen LogP contribution in [0, 0.1) is 13.8 Å². The van der Waals surface area contributed by atoms with Crippen LogP contribution in [0.5, 0.6) is 0 Å². The van der Waals surface area contributed by atoms with E-state index < -0.39 is 0 Å². The Morgan fingerprint density at radius 2 is 1.62 bits per heavy atom. The molecule has 16 heavy (non-hydrogen) atoms. The van der Waals surface area contributed by atoms with Crippen LogP contribution in [-0.4, -0.2) is 41.6 Å². The molecule has 0 atom stereocenters. The van der Waals surface area contributed by atoms with Crippen LogP contribution in [-0.2, 0) is 6.54 Å². The van der Waals surface area contributed by atoms with E-state index in [1.807, 2.05) is 21.6 Å². The second kappa shape index (κ2) is 7.30. The van der Waals surface area contributed by atoms with E-state index in [9.17, 15) is 0 Å². The maximum absolute atomic E-state index is 2.39. The van der Waals surface area contributed by atoms with Gasteiger partial charge in [0.2, 0.25) is 0 Å². The highest BCUT2D eigenvalue weighted by molar-refractivity contribution is 8.76. The van der Waals surface area contributed by atoms with Gasteiger partial charge in [0.1, 0.15) is 0 Å². The average molecular weight is 258 g/mol. The van der Waals surface area contributed by atoms with Crippen LogP contribution < -0.4 is 0 Å². The van der Waals surface area contributed by atoms with E-state index in [0.717, 1.165) is 6.54 Å². The van der Waals surface area contributed by atoms with Crippen LogP contribution in [0.3, 0.4) is 0 Å². The Bertz CT molecular complexity index is 288. The maximum Gasteiger partial charge on any atom is 0.0323 e. The largest absolute Gasteiger partial charge is 0.348 e. The summed E-state index contributed by atoms with van der Waals surface area (Å²) < 4.78 is 2.39. The lowest BCUT2D eigenvalue weighted by atomic mass is 10.5. The molecule has 0 aromatic carbocycles. The third kappa shape index (κ3) is 4.85. The van der Waals surface area contributed by atoms with E-state index in [1.165, 1.54) is 29.4 Å². The van der Waals surface area contributed by atoms with Gasteiger partial charge in [0.25, 0.3) is 0 Å². The van der Waals surface area contributed by atoms with Crippen molar-refractivity contribution in [2.75, 3.05) is 32.1 Å². The molecule has 1 heterocycles. The summed E-state index contributed by atoms with van der Waals surface area (Å²) in [5, 5.41) is 0. The van der Waals surface area contributed by atoms with Crippen molar-refractivity contribution in [3.8, 4) is 0 Å². The van der Waals surface area contributed by atoms with Crippen molar-refractivity contribution in [1.82, 2.24) is 9.47 Å². The predicted molar refractivity (Wildman–Crippen MR) is 77.4 cm³/mol. The van der Waals surface area contributed by atoms with Crippen LogP contribution in [0.2, 0.25) is 0 Å². The monoisotopic (exact) mass is 258 g/mol. The van der Waals surface area contributed by atoms with Crippen LogP contribution >= 0.6 is 21.6 Å². The molecule has 2 nitrogen and oxygen atoms in total. The Morgan fingerprint density at radius 3 is 2.19 bits per heavy atom. The van der Waals surface area contributed by atoms with Gasteiger partial charge in [-0.1, -0.05) is 21.6 Å². The molecule has 0 saturated heterocycles. The van der Waals surface area contributed by atoms with E-state index in [1.54, 1.807) is 0 Å². The summed E-state index contributed by atoms with van der Waals surface area (Å²) in [6, 6.07) is 4.39. The second-order valence-corrected chi connectivity index (χ2v) is 6.92. The summed E-state index contributed by atoms with van der Waals surface area (Å²) >= 11 is 0. The third-order valence-electron chi connectivity index (χ3n) is 2.52. The summed E-state index contributed by atoms with van der Waals surface area (Å²) in [4.78, 5) is 2.23. The zero-order valence-corrected chi connectivity index (χ0v) is 12.3. The first-order chi connectivity index (χ1) is 7.61. The zero-order chi connectivity index (χ0) is 12.0. The van der Waals surface area contributed by atoms with Crippen molar-refractivity contribution < 1.29 is 0 Å². The number of aromatic nitrogens is 1. The van der Waals surface area contributed by atoms with Gasteiger partial charge < -0.3 is 9.47 Å². The molecule has 0 bridgehead atoms. The molecule has 1 aromatic rings. The van der Waals surface area contributed by atoms with E-state index >= 15 is 0 Å². The molecule has 0 aliphatic rings. The number of aryl methyl sites for hydroxylation is 2. The van der Waals surface area contributed by atoms with Crippen LogP contribution in [0.4, 0.5) is 0 Å². The molecule has 0 fully saturated rings. The predicted octanol–water partition coefficient (Wildman–Crippen LogP) is 3.05. The average Bonchev–Trinajstić information content (AvgIpc) is 2.53. The molecule has 0 aliphatic carbocycles. The Morgan fingerprint density at radius 1 is 1.06 bits per heavy atom. The van der Waals surface area contributed by atoms with Crippen molar-refractivity contribution in [2.45, 2.75) is 20.4 Å². The van der Waals surface area contributed by atoms with Gasteiger partial charge in [-0.05, 0) is 40.1 Å². The summed E-state index contributed by atoms with van der Waals surface area (Å²) in [5.41, 5.74) is 2.74. The molecule has 0 spiro atoms. The molecule has 0 radical (unpaired) electrons. The second-order valence-electron chi connectivity index (χ2n) is 4.21. The lowest BCUT2D eigenvalue weighted by Crippen LogP contribution is -2.14. The quantitative estimate of drug-likeness (QED) is 0.549. The minimum atomic E-state index is 1.13. The van der Waals surface area contributed by atoms with Crippen LogP contribution in [0.25, 0.3) is 0 Å². The SMILES string of the molecule is Cc1ccc(C)n1CCSSCCN(C)C. The van der Waals surface area contributed by atoms with E-state index in [4.69, 9.17) is 0 Å². The van der Waals surface area contributed by atoms with Gasteiger partial charge in [0, 0.05) is 36.0 Å². The van der Waals surface area contributed by atoms with Gasteiger partial charge in [0.05, 0.1) is 0 Å². The molecular weight excluding hydrogens is 236 g/mol. The molecule has 0 saturated carbocycles. The zero-order valence-electron chi connectivity index (χ0n) is 10.7. The van der Waals surface area contributed by atoms with Crippen molar-refractivity contribution in [1.29, 1.82) is 0 Å². The number of hydrogen-bond donors (Lipinski definition) is 0. The number of rotatable bonds is 7. The van der Waals surface area contributed by atoms with Gasteiger partial charge in [-0.15, -0.1) is 0 Å². The lowest BCUT2D eigenvalue weighted by molar-refractivity contribution is 0.438. The summed E-state index contributed by atoms with van der Waals surface area (Å²) in [7, 11) is 8.20. The lowest BCUT2D eigenvalue weighted by Gasteiger charge is -2.10. The Kier molecular flexibility index (Phi) is 6.39. The molecule has 0 amide bonds. The maximum atomic E-state index is 2.39. The minimum absolute atomic E-state index is 1.13. The van der Waals surface area contributed by atoms with Crippen molar-refractivity contribution in [2.24, 2.45) is 0 Å². The highest BCUT2D eigenvalue weighted by Crippen LogP contribution is 2.21.